The molecule has 0 rings (SSSR count). The average Bonchev–Trinajstić information content (AvgIpc) is 2.92. The van der Waals surface area contributed by atoms with Crippen molar-refractivity contribution in [2.45, 2.75) is 156 Å². The van der Waals surface area contributed by atoms with E-state index in [0.29, 0.717) is 25.7 Å². The first kappa shape index (κ1) is 39.5. The molecule has 0 aliphatic rings. The smallest absolute Gasteiger partial charge is 0.352 e. The molecule has 0 saturated heterocycles. The van der Waals surface area contributed by atoms with E-state index < -0.39 is 11.9 Å². The van der Waals surface area contributed by atoms with Crippen LogP contribution >= 0.6 is 0 Å². The second-order valence-corrected chi connectivity index (χ2v) is 10.3. The number of rotatable bonds is 24. The number of carbonyl (C=O) groups excluding carboxylic acids is 2. The molecule has 8 heteroatoms. The van der Waals surface area contributed by atoms with Crippen molar-refractivity contribution in [1.82, 2.24) is 10.6 Å². The number of nitrogens with one attached hydrogen (secondary N) is 2. The van der Waals surface area contributed by atoms with Gasteiger partial charge in [-0.25, -0.2) is 9.59 Å². The van der Waals surface area contributed by atoms with Crippen molar-refractivity contribution in [3.8, 4) is 0 Å². The number of carboxylic acid groups (broad SMARTS) is 2. The van der Waals surface area contributed by atoms with Crippen molar-refractivity contribution in [3.63, 3.8) is 0 Å². The van der Waals surface area contributed by atoms with Crippen molar-refractivity contribution in [2.75, 3.05) is 0 Å². The van der Waals surface area contributed by atoms with E-state index in [1.54, 1.807) is 12.2 Å². The van der Waals surface area contributed by atoms with Gasteiger partial charge in [0.05, 0.1) is 0 Å². The lowest BCUT2D eigenvalue weighted by molar-refractivity contribution is -0.135. The summed E-state index contributed by atoms with van der Waals surface area (Å²) in [6.45, 7) is 8.32. The number of aliphatic carboxylic acids is 2. The fourth-order valence-electron chi connectivity index (χ4n) is 3.87. The highest BCUT2D eigenvalue weighted by molar-refractivity contribution is 5.93. The molecule has 0 aromatic heterocycles. The standard InChI is InChI=1S/2C16H29NO3/c2*1-3-5-7-8-9-10-11-13-15(18)17-14(16(19)20)12-6-4-2/h2*12H,3-11,13H2,1-2H3,(H,17,18)(H,19,20). The van der Waals surface area contributed by atoms with Crippen LogP contribution in [0.25, 0.3) is 0 Å². The summed E-state index contributed by atoms with van der Waals surface area (Å²) < 4.78 is 0. The van der Waals surface area contributed by atoms with Crippen LogP contribution in [-0.2, 0) is 19.2 Å². The molecule has 0 aromatic rings. The zero-order valence-corrected chi connectivity index (χ0v) is 25.8. The zero-order chi connectivity index (χ0) is 30.4. The Bertz CT molecular complexity index is 684. The predicted molar refractivity (Wildman–Crippen MR) is 163 cm³/mol. The molecule has 4 N–H and O–H groups in total. The third-order valence-electron chi connectivity index (χ3n) is 6.30. The molecule has 0 unspecified atom stereocenters. The molecule has 40 heavy (non-hydrogen) atoms. The van der Waals surface area contributed by atoms with E-state index in [-0.39, 0.29) is 23.2 Å². The summed E-state index contributed by atoms with van der Waals surface area (Å²) in [5, 5.41) is 22.9. The SMILES string of the molecule is CCCC=C(NC(=O)CCCCCCCCC)C(=O)O.CCCC=C(NC(=O)CCCCCCCCC)C(=O)O. The van der Waals surface area contributed by atoms with Gasteiger partial charge in [0.1, 0.15) is 11.4 Å². The molecular weight excluding hydrogens is 508 g/mol. The van der Waals surface area contributed by atoms with Gasteiger partial charge in [0.2, 0.25) is 11.8 Å². The molecule has 0 fully saturated rings. The summed E-state index contributed by atoms with van der Waals surface area (Å²) in [7, 11) is 0. The van der Waals surface area contributed by atoms with Gasteiger partial charge in [-0.05, 0) is 25.7 Å². The van der Waals surface area contributed by atoms with Gasteiger partial charge in [-0.2, -0.15) is 0 Å². The normalized spacial score (nSPS) is 11.4. The largest absolute Gasteiger partial charge is 0.477 e. The van der Waals surface area contributed by atoms with Crippen LogP contribution in [0.5, 0.6) is 0 Å². The first-order valence-electron chi connectivity index (χ1n) is 15.7. The highest BCUT2D eigenvalue weighted by Crippen LogP contribution is 2.10. The van der Waals surface area contributed by atoms with Crippen LogP contribution in [0.2, 0.25) is 0 Å². The summed E-state index contributed by atoms with van der Waals surface area (Å²) in [5.41, 5.74) is 0.0274. The van der Waals surface area contributed by atoms with Gasteiger partial charge in [-0.15, -0.1) is 0 Å². The molecule has 0 aliphatic heterocycles. The lowest BCUT2D eigenvalue weighted by atomic mass is 10.1. The van der Waals surface area contributed by atoms with Gasteiger partial charge < -0.3 is 20.8 Å². The maximum Gasteiger partial charge on any atom is 0.352 e. The molecule has 0 saturated carbocycles. The Morgan fingerprint density at radius 2 is 0.775 bits per heavy atom. The minimum atomic E-state index is -1.06. The number of allylic oxidation sites excluding steroid dienone is 2. The Balaban J connectivity index is 0. The monoisotopic (exact) mass is 566 g/mol. The van der Waals surface area contributed by atoms with E-state index in [1.165, 1.54) is 51.4 Å². The van der Waals surface area contributed by atoms with Gasteiger partial charge >= 0.3 is 11.9 Å². The first-order chi connectivity index (χ1) is 19.2. The second-order valence-electron chi connectivity index (χ2n) is 10.3. The van der Waals surface area contributed by atoms with E-state index in [1.807, 2.05) is 13.8 Å². The van der Waals surface area contributed by atoms with Gasteiger partial charge in [-0.3, -0.25) is 9.59 Å². The van der Waals surface area contributed by atoms with Crippen LogP contribution in [0, 0.1) is 0 Å². The second kappa shape index (κ2) is 29.3. The Kier molecular flexibility index (Phi) is 29.0. The number of unbranched alkanes of at least 4 members (excludes halogenated alkanes) is 14. The fourth-order valence-corrected chi connectivity index (χ4v) is 3.87. The first-order valence-corrected chi connectivity index (χ1v) is 15.7. The molecule has 0 heterocycles. The van der Waals surface area contributed by atoms with Crippen LogP contribution in [-0.4, -0.2) is 34.0 Å². The van der Waals surface area contributed by atoms with Gasteiger partial charge in [0.15, 0.2) is 0 Å². The Labute approximate surface area is 243 Å². The summed E-state index contributed by atoms with van der Waals surface area (Å²) in [6, 6.07) is 0. The van der Waals surface area contributed by atoms with Crippen molar-refractivity contribution < 1.29 is 29.4 Å². The highest BCUT2D eigenvalue weighted by Gasteiger charge is 2.11. The van der Waals surface area contributed by atoms with Crippen molar-refractivity contribution in [3.05, 3.63) is 23.5 Å². The Hall–Kier alpha value is -2.64. The van der Waals surface area contributed by atoms with E-state index in [9.17, 15) is 19.2 Å². The molecule has 0 spiro atoms. The van der Waals surface area contributed by atoms with Crippen LogP contribution < -0.4 is 10.6 Å². The number of hydrogen-bond acceptors (Lipinski definition) is 4. The molecule has 0 bridgehead atoms. The number of carboxylic acids is 2. The number of hydrogen-bond donors (Lipinski definition) is 4. The average molecular weight is 567 g/mol. The molecule has 2 amide bonds. The topological polar surface area (TPSA) is 133 Å². The summed E-state index contributed by atoms with van der Waals surface area (Å²) in [6.07, 6.45) is 23.1. The molecule has 232 valence electrons. The molecule has 0 aromatic carbocycles. The minimum Gasteiger partial charge on any atom is -0.477 e. The van der Waals surface area contributed by atoms with Crippen LogP contribution in [0.3, 0.4) is 0 Å². The maximum absolute atomic E-state index is 11.6. The molecular formula is C32H58N2O6. The van der Waals surface area contributed by atoms with E-state index in [2.05, 4.69) is 24.5 Å². The molecule has 0 atom stereocenters. The molecule has 8 nitrogen and oxygen atoms in total. The third kappa shape index (κ3) is 26.9. The molecule has 0 aliphatic carbocycles. The van der Waals surface area contributed by atoms with Crippen molar-refractivity contribution in [2.24, 2.45) is 0 Å². The Morgan fingerprint density at radius 1 is 0.475 bits per heavy atom. The zero-order valence-electron chi connectivity index (χ0n) is 25.8. The van der Waals surface area contributed by atoms with Gasteiger partial charge in [0, 0.05) is 12.8 Å². The quantitative estimate of drug-likeness (QED) is 0.0690. The third-order valence-corrected chi connectivity index (χ3v) is 6.30. The van der Waals surface area contributed by atoms with E-state index in [0.717, 1.165) is 51.4 Å². The number of carbonyl (C=O) groups is 4. The van der Waals surface area contributed by atoms with E-state index >= 15 is 0 Å². The summed E-state index contributed by atoms with van der Waals surface area (Å²) in [5.74, 6) is -2.51. The minimum absolute atomic E-state index is 0.0137. The lowest BCUT2D eigenvalue weighted by Gasteiger charge is -2.06. The Morgan fingerprint density at radius 3 is 1.05 bits per heavy atom. The van der Waals surface area contributed by atoms with Crippen LogP contribution in [0.15, 0.2) is 23.5 Å². The summed E-state index contributed by atoms with van der Waals surface area (Å²) >= 11 is 0. The summed E-state index contributed by atoms with van der Waals surface area (Å²) in [4.78, 5) is 45.2. The molecule has 0 radical (unpaired) electrons. The predicted octanol–water partition coefficient (Wildman–Crippen LogP) is 8.02. The van der Waals surface area contributed by atoms with Crippen LogP contribution in [0.4, 0.5) is 0 Å². The van der Waals surface area contributed by atoms with Crippen LogP contribution in [0.1, 0.15) is 156 Å². The van der Waals surface area contributed by atoms with Gasteiger partial charge in [-0.1, -0.05) is 130 Å². The highest BCUT2D eigenvalue weighted by atomic mass is 16.4. The van der Waals surface area contributed by atoms with E-state index in [4.69, 9.17) is 10.2 Å². The van der Waals surface area contributed by atoms with Crippen molar-refractivity contribution in [1.29, 1.82) is 0 Å². The number of amides is 2. The lowest BCUT2D eigenvalue weighted by Crippen LogP contribution is -2.27. The van der Waals surface area contributed by atoms with Crippen molar-refractivity contribution >= 4 is 23.8 Å². The van der Waals surface area contributed by atoms with Gasteiger partial charge in [0.25, 0.3) is 0 Å². The maximum atomic E-state index is 11.6. The fraction of sp³-hybridized carbons (Fsp3) is 0.750.